The highest BCUT2D eigenvalue weighted by molar-refractivity contribution is 5.99. The summed E-state index contributed by atoms with van der Waals surface area (Å²) < 4.78 is 7.46. The summed E-state index contributed by atoms with van der Waals surface area (Å²) >= 11 is 0. The largest absolute Gasteiger partial charge is 0.496 e. The number of ether oxygens (including phenoxy) is 1. The van der Waals surface area contributed by atoms with Crippen LogP contribution in [0.4, 0.5) is 5.82 Å². The number of benzene rings is 2. The summed E-state index contributed by atoms with van der Waals surface area (Å²) in [7, 11) is 1.68. The molecule has 2 aromatic carbocycles. The van der Waals surface area contributed by atoms with E-state index in [1.807, 2.05) is 41.1 Å². The minimum absolute atomic E-state index is 0.173. The van der Waals surface area contributed by atoms with Crippen LogP contribution in [-0.2, 0) is 6.42 Å². The fourth-order valence-electron chi connectivity index (χ4n) is 5.08. The molecule has 0 atom stereocenters. The van der Waals surface area contributed by atoms with Gasteiger partial charge in [0.2, 0.25) is 0 Å². The number of para-hydroxylation sites is 1. The third kappa shape index (κ3) is 3.87. The Morgan fingerprint density at radius 3 is 2.77 bits per heavy atom. The first-order valence-corrected chi connectivity index (χ1v) is 11.9. The third-order valence-corrected chi connectivity index (χ3v) is 6.89. The molecule has 35 heavy (non-hydrogen) atoms. The predicted molar refractivity (Wildman–Crippen MR) is 134 cm³/mol. The maximum atomic E-state index is 9.95. The van der Waals surface area contributed by atoms with Gasteiger partial charge in [-0.2, -0.15) is 5.10 Å². The van der Waals surface area contributed by atoms with Crippen LogP contribution >= 0.6 is 0 Å². The van der Waals surface area contributed by atoms with Crippen molar-refractivity contribution in [1.82, 2.24) is 29.7 Å². The lowest BCUT2D eigenvalue weighted by Crippen LogP contribution is -2.22. The second kappa shape index (κ2) is 8.66. The molecule has 0 aliphatic heterocycles. The van der Waals surface area contributed by atoms with Gasteiger partial charge >= 0.3 is 0 Å². The highest BCUT2D eigenvalue weighted by Crippen LogP contribution is 2.36. The SMILES string of the molecule is COc1ccccc1Cc1nc2ccc(-c3nn(C4CCC(O)CC4)c4ncnc(N)c34)cc2[nH]1. The van der Waals surface area contributed by atoms with Gasteiger partial charge in [0.05, 0.1) is 35.7 Å². The second-order valence-electron chi connectivity index (χ2n) is 9.12. The van der Waals surface area contributed by atoms with Crippen molar-refractivity contribution in [2.24, 2.45) is 0 Å². The van der Waals surface area contributed by atoms with Crippen molar-refractivity contribution < 1.29 is 9.84 Å². The average Bonchev–Trinajstić information content (AvgIpc) is 3.46. The molecule has 0 bridgehead atoms. The Morgan fingerprint density at radius 2 is 1.94 bits per heavy atom. The van der Waals surface area contributed by atoms with E-state index in [9.17, 15) is 5.11 Å². The van der Waals surface area contributed by atoms with Crippen LogP contribution in [0.1, 0.15) is 43.1 Å². The number of nitrogens with two attached hydrogens (primary N) is 1. The van der Waals surface area contributed by atoms with Gasteiger partial charge in [0.1, 0.15) is 29.4 Å². The summed E-state index contributed by atoms with van der Waals surface area (Å²) in [6, 6.07) is 14.2. The van der Waals surface area contributed by atoms with Gasteiger partial charge in [-0.15, -0.1) is 0 Å². The maximum absolute atomic E-state index is 9.95. The number of fused-ring (bicyclic) bond motifs is 2. The average molecular weight is 470 g/mol. The van der Waals surface area contributed by atoms with E-state index in [0.717, 1.165) is 76.1 Å². The Labute approximate surface area is 202 Å². The summed E-state index contributed by atoms with van der Waals surface area (Å²) in [5, 5.41) is 15.7. The molecule has 5 aromatic rings. The van der Waals surface area contributed by atoms with Gasteiger partial charge in [-0.25, -0.2) is 19.6 Å². The van der Waals surface area contributed by atoms with Gasteiger partial charge in [0.15, 0.2) is 5.65 Å². The van der Waals surface area contributed by atoms with Crippen LogP contribution in [0.5, 0.6) is 5.75 Å². The van der Waals surface area contributed by atoms with Crippen LogP contribution in [0.2, 0.25) is 0 Å². The van der Waals surface area contributed by atoms with Crippen LogP contribution in [0.3, 0.4) is 0 Å². The van der Waals surface area contributed by atoms with Crippen molar-refractivity contribution in [3.8, 4) is 17.0 Å². The molecule has 1 aliphatic carbocycles. The normalized spacial score (nSPS) is 18.3. The Bertz CT molecular complexity index is 1520. The van der Waals surface area contributed by atoms with Gasteiger partial charge in [-0.3, -0.25) is 0 Å². The molecule has 178 valence electrons. The fourth-order valence-corrected chi connectivity index (χ4v) is 5.08. The summed E-state index contributed by atoms with van der Waals surface area (Å²) in [6.45, 7) is 0. The molecule has 1 fully saturated rings. The standard InChI is InChI=1S/C26H27N7O2/c1-35-21-5-3-2-4-15(21)13-22-30-19-11-6-16(12-20(19)31-22)24-23-25(27)28-14-29-26(23)33(32-24)17-7-9-18(34)10-8-17/h2-6,11-12,14,17-18,34H,7-10,13H2,1H3,(H,30,31)(H2,27,28,29). The lowest BCUT2D eigenvalue weighted by Gasteiger charge is -2.25. The van der Waals surface area contributed by atoms with Crippen molar-refractivity contribution in [1.29, 1.82) is 0 Å². The number of aliphatic hydroxyl groups is 1. The number of hydrogen-bond donors (Lipinski definition) is 3. The zero-order chi connectivity index (χ0) is 23.9. The van der Waals surface area contributed by atoms with Crippen molar-refractivity contribution in [2.45, 2.75) is 44.2 Å². The van der Waals surface area contributed by atoms with Crippen LogP contribution in [0, 0.1) is 0 Å². The molecule has 9 nitrogen and oxygen atoms in total. The number of imidazole rings is 1. The molecule has 0 amide bonds. The molecule has 0 unspecified atom stereocenters. The molecule has 0 radical (unpaired) electrons. The minimum atomic E-state index is -0.236. The highest BCUT2D eigenvalue weighted by Gasteiger charge is 2.26. The minimum Gasteiger partial charge on any atom is -0.496 e. The van der Waals surface area contributed by atoms with Gasteiger partial charge in [-0.1, -0.05) is 24.3 Å². The van der Waals surface area contributed by atoms with Gasteiger partial charge in [0.25, 0.3) is 0 Å². The van der Waals surface area contributed by atoms with E-state index in [1.165, 1.54) is 6.33 Å². The number of aromatic nitrogens is 6. The Kier molecular flexibility index (Phi) is 5.33. The Hall–Kier alpha value is -3.98. The van der Waals surface area contributed by atoms with Crippen molar-refractivity contribution in [3.05, 3.63) is 60.2 Å². The first-order valence-electron chi connectivity index (χ1n) is 11.9. The lowest BCUT2D eigenvalue weighted by atomic mass is 9.93. The second-order valence-corrected chi connectivity index (χ2v) is 9.12. The number of hydrogen-bond acceptors (Lipinski definition) is 7. The van der Waals surface area contributed by atoms with Gasteiger partial charge in [-0.05, 0) is 43.9 Å². The number of nitrogen functional groups attached to an aromatic ring is 1. The van der Waals surface area contributed by atoms with Crippen LogP contribution in [-0.4, -0.2) is 48.0 Å². The van der Waals surface area contributed by atoms with Crippen LogP contribution in [0.25, 0.3) is 33.3 Å². The molecule has 4 N–H and O–H groups in total. The first kappa shape index (κ1) is 21.5. The number of aromatic amines is 1. The van der Waals surface area contributed by atoms with E-state index in [2.05, 4.69) is 21.0 Å². The Morgan fingerprint density at radius 1 is 1.11 bits per heavy atom. The lowest BCUT2D eigenvalue weighted by molar-refractivity contribution is 0.109. The fraction of sp³-hybridized carbons (Fsp3) is 0.308. The van der Waals surface area contributed by atoms with Crippen LogP contribution < -0.4 is 10.5 Å². The monoisotopic (exact) mass is 469 g/mol. The number of nitrogens with zero attached hydrogens (tertiary/aromatic N) is 5. The molecule has 0 saturated heterocycles. The van der Waals surface area contributed by atoms with Crippen molar-refractivity contribution in [3.63, 3.8) is 0 Å². The molecular weight excluding hydrogens is 442 g/mol. The number of rotatable bonds is 5. The van der Waals surface area contributed by atoms with Crippen molar-refractivity contribution in [2.75, 3.05) is 12.8 Å². The van der Waals surface area contributed by atoms with E-state index >= 15 is 0 Å². The smallest absolute Gasteiger partial charge is 0.164 e. The molecule has 6 rings (SSSR count). The summed E-state index contributed by atoms with van der Waals surface area (Å²) in [6.07, 6.45) is 5.12. The van der Waals surface area contributed by atoms with E-state index in [0.29, 0.717) is 12.2 Å². The highest BCUT2D eigenvalue weighted by atomic mass is 16.5. The van der Waals surface area contributed by atoms with E-state index in [-0.39, 0.29) is 12.1 Å². The van der Waals surface area contributed by atoms with E-state index in [4.69, 9.17) is 20.6 Å². The molecular formula is C26H27N7O2. The summed E-state index contributed by atoms with van der Waals surface area (Å²) in [4.78, 5) is 17.0. The number of anilines is 1. The number of H-pyrrole nitrogens is 1. The first-order chi connectivity index (χ1) is 17.1. The quantitative estimate of drug-likeness (QED) is 0.355. The molecule has 9 heteroatoms. The third-order valence-electron chi connectivity index (χ3n) is 6.89. The summed E-state index contributed by atoms with van der Waals surface area (Å²) in [5.74, 6) is 2.12. The van der Waals surface area contributed by atoms with Crippen LogP contribution in [0.15, 0.2) is 48.8 Å². The van der Waals surface area contributed by atoms with Crippen molar-refractivity contribution >= 4 is 27.9 Å². The van der Waals surface area contributed by atoms with E-state index in [1.54, 1.807) is 7.11 Å². The van der Waals surface area contributed by atoms with Gasteiger partial charge < -0.3 is 20.6 Å². The molecule has 0 spiro atoms. The maximum Gasteiger partial charge on any atom is 0.164 e. The molecule has 1 saturated carbocycles. The zero-order valence-corrected chi connectivity index (χ0v) is 19.5. The summed E-state index contributed by atoms with van der Waals surface area (Å²) in [5.41, 5.74) is 11.6. The molecule has 3 aromatic heterocycles. The number of methoxy groups -OCH3 is 1. The van der Waals surface area contributed by atoms with Gasteiger partial charge in [0, 0.05) is 17.5 Å². The van der Waals surface area contributed by atoms with E-state index < -0.39 is 0 Å². The zero-order valence-electron chi connectivity index (χ0n) is 19.5. The molecule has 1 aliphatic rings. The number of nitrogens with one attached hydrogen (secondary N) is 1. The number of aliphatic hydroxyl groups excluding tert-OH is 1. The predicted octanol–water partition coefficient (Wildman–Crippen LogP) is 4.03. The molecule has 3 heterocycles. The Balaban J connectivity index is 1.40. The topological polar surface area (TPSA) is 128 Å².